The summed E-state index contributed by atoms with van der Waals surface area (Å²) in [6, 6.07) is 25.9. The molecule has 1 amide bonds. The van der Waals surface area contributed by atoms with Gasteiger partial charge in [-0.25, -0.2) is 8.42 Å². The van der Waals surface area contributed by atoms with Crippen LogP contribution in [0.5, 0.6) is 11.5 Å². The van der Waals surface area contributed by atoms with Gasteiger partial charge in [0, 0.05) is 22.6 Å². The molecule has 0 radical (unpaired) electrons. The van der Waals surface area contributed by atoms with Gasteiger partial charge >= 0.3 is 0 Å². The summed E-state index contributed by atoms with van der Waals surface area (Å²) in [5.41, 5.74) is 3.52. The first-order valence-electron chi connectivity index (χ1n) is 11.4. The summed E-state index contributed by atoms with van der Waals surface area (Å²) in [6.45, 7) is 1.75. The van der Waals surface area contributed by atoms with E-state index in [1.54, 1.807) is 56.5 Å². The number of carbonyl (C=O) groups excluding carboxylic acids is 1. The van der Waals surface area contributed by atoms with Crippen LogP contribution in [0.25, 0.3) is 0 Å². The van der Waals surface area contributed by atoms with Crippen LogP contribution in [-0.4, -0.2) is 28.5 Å². The Bertz CT molecular complexity index is 1500. The fourth-order valence-electron chi connectivity index (χ4n) is 3.62. The average Bonchev–Trinajstić information content (AvgIpc) is 2.90. The van der Waals surface area contributed by atoms with Crippen LogP contribution in [0.4, 0.5) is 22.7 Å². The minimum atomic E-state index is -3.96. The van der Waals surface area contributed by atoms with E-state index in [-0.39, 0.29) is 10.5 Å². The Morgan fingerprint density at radius 1 is 0.757 bits per heavy atom. The van der Waals surface area contributed by atoms with Crippen LogP contribution in [0.2, 0.25) is 0 Å². The fraction of sp³-hybridized carbons (Fsp3) is 0.107. The van der Waals surface area contributed by atoms with E-state index in [4.69, 9.17) is 9.47 Å². The van der Waals surface area contributed by atoms with Gasteiger partial charge in [-0.2, -0.15) is 0 Å². The van der Waals surface area contributed by atoms with Crippen LogP contribution in [0.3, 0.4) is 0 Å². The van der Waals surface area contributed by atoms with Gasteiger partial charge in [0.15, 0.2) is 0 Å². The highest BCUT2D eigenvalue weighted by molar-refractivity contribution is 7.92. The van der Waals surface area contributed by atoms with E-state index in [9.17, 15) is 13.2 Å². The molecular weight excluding hydrogens is 490 g/mol. The maximum Gasteiger partial charge on any atom is 0.262 e. The summed E-state index contributed by atoms with van der Waals surface area (Å²) >= 11 is 0. The van der Waals surface area contributed by atoms with Gasteiger partial charge < -0.3 is 20.1 Å². The van der Waals surface area contributed by atoms with Crippen molar-refractivity contribution < 1.29 is 22.7 Å². The molecule has 0 bridgehead atoms. The van der Waals surface area contributed by atoms with Crippen molar-refractivity contribution in [3.8, 4) is 11.5 Å². The Labute approximate surface area is 216 Å². The second-order valence-electron chi connectivity index (χ2n) is 8.17. The Kier molecular flexibility index (Phi) is 7.64. The molecule has 0 heterocycles. The van der Waals surface area contributed by atoms with Crippen molar-refractivity contribution in [3.05, 3.63) is 102 Å². The number of rotatable bonds is 9. The van der Waals surface area contributed by atoms with Crippen LogP contribution in [0, 0.1) is 6.92 Å². The first-order valence-corrected chi connectivity index (χ1v) is 12.9. The number of ether oxygens (including phenoxy) is 2. The number of sulfonamides is 1. The molecule has 0 spiro atoms. The van der Waals surface area contributed by atoms with Gasteiger partial charge in [0.2, 0.25) is 0 Å². The summed E-state index contributed by atoms with van der Waals surface area (Å²) in [6.07, 6.45) is 0. The zero-order valence-corrected chi connectivity index (χ0v) is 21.4. The summed E-state index contributed by atoms with van der Waals surface area (Å²) in [5, 5.41) is 6.11. The summed E-state index contributed by atoms with van der Waals surface area (Å²) in [5.74, 6) is 0.745. The van der Waals surface area contributed by atoms with E-state index in [1.807, 2.05) is 36.4 Å². The topological polar surface area (TPSA) is 106 Å². The molecule has 0 unspecified atom stereocenters. The van der Waals surface area contributed by atoms with E-state index in [2.05, 4.69) is 15.4 Å². The summed E-state index contributed by atoms with van der Waals surface area (Å²) in [4.78, 5) is 13.0. The second kappa shape index (κ2) is 11.0. The number of aryl methyl sites for hydroxylation is 1. The van der Waals surface area contributed by atoms with Gasteiger partial charge in [0.25, 0.3) is 15.9 Å². The maximum atomic E-state index is 13.0. The molecule has 4 aromatic carbocycles. The van der Waals surface area contributed by atoms with Gasteiger partial charge in [-0.15, -0.1) is 0 Å². The zero-order chi connectivity index (χ0) is 26.4. The standard InChI is InChI=1S/C28H27N3O5S/c1-19-8-17-24(37(33,34)31-26-6-4-5-7-27(26)36-3)18-25(19)28(32)30-22-11-9-20(10-12-22)29-21-13-15-23(35-2)16-14-21/h4-18,29,31H,1-3H3,(H,30,32). The van der Waals surface area contributed by atoms with Crippen LogP contribution in [0.15, 0.2) is 95.9 Å². The molecular formula is C28H27N3O5S. The lowest BCUT2D eigenvalue weighted by atomic mass is 10.1. The van der Waals surface area contributed by atoms with Gasteiger partial charge in [0.1, 0.15) is 11.5 Å². The Morgan fingerprint density at radius 2 is 1.38 bits per heavy atom. The van der Waals surface area contributed by atoms with Crippen molar-refractivity contribution in [3.63, 3.8) is 0 Å². The number of carbonyl (C=O) groups is 1. The molecule has 0 aliphatic rings. The number of anilines is 4. The smallest absolute Gasteiger partial charge is 0.262 e. The molecule has 0 saturated heterocycles. The largest absolute Gasteiger partial charge is 0.497 e. The lowest BCUT2D eigenvalue weighted by Crippen LogP contribution is -2.17. The third kappa shape index (κ3) is 6.20. The molecule has 3 N–H and O–H groups in total. The Hall–Kier alpha value is -4.50. The first kappa shape index (κ1) is 25.6. The first-order chi connectivity index (χ1) is 17.8. The number of hydrogen-bond acceptors (Lipinski definition) is 6. The van der Waals surface area contributed by atoms with Crippen molar-refractivity contribution in [1.29, 1.82) is 0 Å². The molecule has 8 nitrogen and oxygen atoms in total. The third-order valence-electron chi connectivity index (χ3n) is 5.64. The molecule has 190 valence electrons. The second-order valence-corrected chi connectivity index (χ2v) is 9.85. The van der Waals surface area contributed by atoms with E-state index in [0.29, 0.717) is 22.7 Å². The molecule has 0 aliphatic heterocycles. The molecule has 0 atom stereocenters. The number of hydrogen-bond donors (Lipinski definition) is 3. The van der Waals surface area contributed by atoms with Gasteiger partial charge in [0.05, 0.1) is 24.8 Å². The molecule has 0 saturated carbocycles. The third-order valence-corrected chi connectivity index (χ3v) is 7.00. The van der Waals surface area contributed by atoms with Crippen molar-refractivity contribution in [2.75, 3.05) is 29.6 Å². The van der Waals surface area contributed by atoms with Crippen LogP contribution in [0.1, 0.15) is 15.9 Å². The van der Waals surface area contributed by atoms with E-state index in [1.165, 1.54) is 19.2 Å². The summed E-state index contributed by atoms with van der Waals surface area (Å²) < 4.78 is 39.0. The molecule has 37 heavy (non-hydrogen) atoms. The van der Waals surface area contributed by atoms with Crippen LogP contribution in [-0.2, 0) is 10.0 Å². The van der Waals surface area contributed by atoms with Crippen molar-refractivity contribution in [1.82, 2.24) is 0 Å². The highest BCUT2D eigenvalue weighted by Crippen LogP contribution is 2.27. The normalized spacial score (nSPS) is 10.9. The molecule has 0 fully saturated rings. The minimum absolute atomic E-state index is 0.0341. The van der Waals surface area contributed by atoms with Crippen molar-refractivity contribution in [2.45, 2.75) is 11.8 Å². The highest BCUT2D eigenvalue weighted by Gasteiger charge is 2.20. The number of methoxy groups -OCH3 is 2. The van der Waals surface area contributed by atoms with E-state index >= 15 is 0 Å². The number of para-hydroxylation sites is 2. The van der Waals surface area contributed by atoms with Crippen molar-refractivity contribution in [2.24, 2.45) is 0 Å². The SMILES string of the molecule is COc1ccc(Nc2ccc(NC(=O)c3cc(S(=O)(=O)Nc4ccccc4OC)ccc3C)cc2)cc1. The Balaban J connectivity index is 1.48. The van der Waals surface area contributed by atoms with Crippen molar-refractivity contribution >= 4 is 38.7 Å². The average molecular weight is 518 g/mol. The number of nitrogens with one attached hydrogen (secondary N) is 3. The van der Waals surface area contributed by atoms with Gasteiger partial charge in [-0.05, 0) is 85.3 Å². The fourth-order valence-corrected chi connectivity index (χ4v) is 4.72. The van der Waals surface area contributed by atoms with E-state index < -0.39 is 15.9 Å². The molecule has 4 aromatic rings. The van der Waals surface area contributed by atoms with Gasteiger partial charge in [-0.3, -0.25) is 9.52 Å². The molecule has 9 heteroatoms. The highest BCUT2D eigenvalue weighted by atomic mass is 32.2. The quantitative estimate of drug-likeness (QED) is 0.259. The van der Waals surface area contributed by atoms with Gasteiger partial charge in [-0.1, -0.05) is 18.2 Å². The minimum Gasteiger partial charge on any atom is -0.497 e. The predicted molar refractivity (Wildman–Crippen MR) is 146 cm³/mol. The lowest BCUT2D eigenvalue weighted by molar-refractivity contribution is 0.102. The number of amides is 1. The monoisotopic (exact) mass is 517 g/mol. The predicted octanol–water partition coefficient (Wildman–Crippen LogP) is 5.81. The summed E-state index contributed by atoms with van der Waals surface area (Å²) in [7, 11) is -0.880. The molecule has 4 rings (SSSR count). The lowest BCUT2D eigenvalue weighted by Gasteiger charge is -2.14. The maximum absolute atomic E-state index is 13.0. The molecule has 0 aliphatic carbocycles. The van der Waals surface area contributed by atoms with E-state index in [0.717, 1.165) is 17.1 Å². The van der Waals surface area contributed by atoms with Crippen LogP contribution < -0.4 is 24.8 Å². The Morgan fingerprint density at radius 3 is 2.03 bits per heavy atom. The molecule has 0 aromatic heterocycles. The van der Waals surface area contributed by atoms with Crippen LogP contribution >= 0.6 is 0 Å². The number of benzene rings is 4. The zero-order valence-electron chi connectivity index (χ0n) is 20.6.